The molecule has 8 heteroatoms. The van der Waals surface area contributed by atoms with E-state index < -0.39 is 27.0 Å². The number of phenols is 1. The molecule has 0 saturated carbocycles. The average molecular weight is 214 g/mol. The highest BCUT2D eigenvalue weighted by Gasteiger charge is 2.30. The lowest BCUT2D eigenvalue weighted by Crippen LogP contribution is -1.97. The third kappa shape index (κ3) is 1.93. The number of ether oxygens (including phenoxy) is 1. The summed E-state index contributed by atoms with van der Waals surface area (Å²) in [6.45, 7) is 0. The van der Waals surface area contributed by atoms with Crippen molar-refractivity contribution in [2.24, 2.45) is 0 Å². The molecule has 0 aromatic heterocycles. The summed E-state index contributed by atoms with van der Waals surface area (Å²) in [5.74, 6) is -0.823. The van der Waals surface area contributed by atoms with Crippen LogP contribution < -0.4 is 4.74 Å². The third-order valence-electron chi connectivity index (χ3n) is 1.66. The van der Waals surface area contributed by atoms with Crippen molar-refractivity contribution >= 4 is 11.4 Å². The molecule has 0 aliphatic carbocycles. The van der Waals surface area contributed by atoms with Crippen molar-refractivity contribution in [2.75, 3.05) is 7.11 Å². The number of phenolic OH excluding ortho intramolecular Hbond substituents is 1. The van der Waals surface area contributed by atoms with E-state index in [4.69, 9.17) is 0 Å². The highest BCUT2D eigenvalue weighted by Crippen LogP contribution is 2.39. The lowest BCUT2D eigenvalue weighted by molar-refractivity contribution is -0.423. The van der Waals surface area contributed by atoms with E-state index in [1.54, 1.807) is 0 Å². The van der Waals surface area contributed by atoms with Gasteiger partial charge >= 0.3 is 11.4 Å². The van der Waals surface area contributed by atoms with Gasteiger partial charge in [0.05, 0.1) is 23.0 Å². The van der Waals surface area contributed by atoms with Crippen LogP contribution in [0.4, 0.5) is 11.4 Å². The van der Waals surface area contributed by atoms with Gasteiger partial charge in [0, 0.05) is 6.07 Å². The Labute approximate surface area is 83.0 Å². The molecule has 0 bridgehead atoms. The van der Waals surface area contributed by atoms with Crippen molar-refractivity contribution in [3.8, 4) is 11.5 Å². The molecular weight excluding hydrogens is 208 g/mol. The Balaban J connectivity index is 3.49. The van der Waals surface area contributed by atoms with Crippen molar-refractivity contribution < 1.29 is 19.7 Å². The first kappa shape index (κ1) is 10.7. The Bertz CT molecular complexity index is 430. The SMILES string of the molecule is COc1cc(O)c([N+](=O)[O-])c([N+](=O)[O-])c1. The van der Waals surface area contributed by atoms with E-state index >= 15 is 0 Å². The van der Waals surface area contributed by atoms with Gasteiger partial charge in [-0.25, -0.2) is 0 Å². The van der Waals surface area contributed by atoms with Gasteiger partial charge in [0.25, 0.3) is 0 Å². The summed E-state index contributed by atoms with van der Waals surface area (Å²) in [6.07, 6.45) is 0. The number of methoxy groups -OCH3 is 1. The quantitative estimate of drug-likeness (QED) is 0.597. The molecule has 0 saturated heterocycles. The molecule has 0 aliphatic heterocycles. The molecule has 15 heavy (non-hydrogen) atoms. The van der Waals surface area contributed by atoms with Gasteiger partial charge in [-0.15, -0.1) is 0 Å². The largest absolute Gasteiger partial charge is 0.502 e. The molecule has 0 heterocycles. The maximum atomic E-state index is 10.5. The minimum absolute atomic E-state index is 0.0233. The summed E-state index contributed by atoms with van der Waals surface area (Å²) in [7, 11) is 1.23. The molecule has 0 unspecified atom stereocenters. The average Bonchev–Trinajstić information content (AvgIpc) is 2.15. The number of hydrogen-bond donors (Lipinski definition) is 1. The van der Waals surface area contributed by atoms with E-state index in [1.807, 2.05) is 0 Å². The fraction of sp³-hybridized carbons (Fsp3) is 0.143. The third-order valence-corrected chi connectivity index (χ3v) is 1.66. The molecule has 0 radical (unpaired) electrons. The normalized spacial score (nSPS) is 9.67. The molecular formula is C7H6N2O6. The van der Waals surface area contributed by atoms with Crippen LogP contribution in [-0.2, 0) is 0 Å². The lowest BCUT2D eigenvalue weighted by atomic mass is 10.2. The number of nitrogens with zero attached hydrogens (tertiary/aromatic N) is 2. The van der Waals surface area contributed by atoms with E-state index in [9.17, 15) is 25.3 Å². The number of hydrogen-bond acceptors (Lipinski definition) is 6. The first-order chi connectivity index (χ1) is 6.97. The molecule has 80 valence electrons. The zero-order chi connectivity index (χ0) is 11.6. The van der Waals surface area contributed by atoms with Crippen LogP contribution in [-0.4, -0.2) is 22.1 Å². The van der Waals surface area contributed by atoms with E-state index in [0.717, 1.165) is 12.1 Å². The van der Waals surface area contributed by atoms with Crippen LogP contribution in [0.25, 0.3) is 0 Å². The summed E-state index contributed by atoms with van der Waals surface area (Å²) in [6, 6.07) is 1.81. The molecule has 0 aliphatic rings. The molecule has 0 spiro atoms. The summed E-state index contributed by atoms with van der Waals surface area (Å²) in [5, 5.41) is 30.1. The minimum Gasteiger partial charge on any atom is -0.502 e. The topological polar surface area (TPSA) is 116 Å². The van der Waals surface area contributed by atoms with Crippen LogP contribution in [0.15, 0.2) is 12.1 Å². The fourth-order valence-corrected chi connectivity index (χ4v) is 1.02. The predicted molar refractivity (Wildman–Crippen MR) is 48.0 cm³/mol. The van der Waals surface area contributed by atoms with E-state index in [-0.39, 0.29) is 5.75 Å². The summed E-state index contributed by atoms with van der Waals surface area (Å²) in [5.41, 5.74) is -1.75. The molecule has 0 amide bonds. The smallest absolute Gasteiger partial charge is 0.387 e. The zero-order valence-corrected chi connectivity index (χ0v) is 7.54. The van der Waals surface area contributed by atoms with E-state index in [2.05, 4.69) is 4.74 Å². The Hall–Kier alpha value is -2.38. The predicted octanol–water partition coefficient (Wildman–Crippen LogP) is 1.22. The molecule has 0 atom stereocenters. The fourth-order valence-electron chi connectivity index (χ4n) is 1.02. The Morgan fingerprint density at radius 2 is 1.87 bits per heavy atom. The van der Waals surface area contributed by atoms with Gasteiger partial charge in [-0.05, 0) is 0 Å². The van der Waals surface area contributed by atoms with Crippen molar-refractivity contribution in [3.05, 3.63) is 32.4 Å². The van der Waals surface area contributed by atoms with Crippen LogP contribution in [0.2, 0.25) is 0 Å². The molecule has 1 rings (SSSR count). The Kier molecular flexibility index (Phi) is 2.70. The number of benzene rings is 1. The number of nitro groups is 2. The van der Waals surface area contributed by atoms with Gasteiger partial charge < -0.3 is 9.84 Å². The monoisotopic (exact) mass is 214 g/mol. The van der Waals surface area contributed by atoms with Gasteiger partial charge in [0.1, 0.15) is 5.75 Å². The van der Waals surface area contributed by atoms with Crippen molar-refractivity contribution in [2.45, 2.75) is 0 Å². The van der Waals surface area contributed by atoms with Crippen LogP contribution in [0.5, 0.6) is 11.5 Å². The standard InChI is InChI=1S/C7H6N2O6/c1-15-4-2-5(8(11)12)7(9(13)14)6(10)3-4/h2-3,10H,1H3. The van der Waals surface area contributed by atoms with Gasteiger partial charge in [0.2, 0.25) is 5.75 Å². The van der Waals surface area contributed by atoms with Crippen LogP contribution in [0.1, 0.15) is 0 Å². The second-order valence-electron chi connectivity index (χ2n) is 2.53. The maximum absolute atomic E-state index is 10.5. The van der Waals surface area contributed by atoms with Gasteiger partial charge in [-0.2, -0.15) is 0 Å². The maximum Gasteiger partial charge on any atom is 0.387 e. The summed E-state index contributed by atoms with van der Waals surface area (Å²) in [4.78, 5) is 18.9. The zero-order valence-electron chi connectivity index (χ0n) is 7.54. The lowest BCUT2D eigenvalue weighted by Gasteiger charge is -2.01. The van der Waals surface area contributed by atoms with Crippen LogP contribution >= 0.6 is 0 Å². The number of rotatable bonds is 3. The number of nitro benzene ring substituents is 2. The minimum atomic E-state index is -1.02. The Morgan fingerprint density at radius 3 is 2.27 bits per heavy atom. The summed E-state index contributed by atoms with van der Waals surface area (Å²) < 4.78 is 4.63. The van der Waals surface area contributed by atoms with Gasteiger partial charge in [-0.1, -0.05) is 0 Å². The van der Waals surface area contributed by atoms with E-state index in [0.29, 0.717) is 0 Å². The summed E-state index contributed by atoms with van der Waals surface area (Å²) >= 11 is 0. The molecule has 0 fully saturated rings. The van der Waals surface area contributed by atoms with E-state index in [1.165, 1.54) is 7.11 Å². The molecule has 1 aromatic rings. The van der Waals surface area contributed by atoms with Crippen LogP contribution in [0.3, 0.4) is 0 Å². The highest BCUT2D eigenvalue weighted by atomic mass is 16.6. The van der Waals surface area contributed by atoms with Gasteiger partial charge in [0.15, 0.2) is 0 Å². The first-order valence-corrected chi connectivity index (χ1v) is 3.67. The Morgan fingerprint density at radius 1 is 1.27 bits per heavy atom. The van der Waals surface area contributed by atoms with Crippen molar-refractivity contribution in [1.82, 2.24) is 0 Å². The number of aromatic hydroxyl groups is 1. The molecule has 8 nitrogen and oxygen atoms in total. The second kappa shape index (κ2) is 3.78. The first-order valence-electron chi connectivity index (χ1n) is 3.67. The second-order valence-corrected chi connectivity index (χ2v) is 2.53. The molecule has 1 N–H and O–H groups in total. The highest BCUT2D eigenvalue weighted by molar-refractivity contribution is 5.64. The van der Waals surface area contributed by atoms with Gasteiger partial charge in [-0.3, -0.25) is 20.2 Å². The molecule has 1 aromatic carbocycles. The van der Waals surface area contributed by atoms with Crippen molar-refractivity contribution in [1.29, 1.82) is 0 Å². The van der Waals surface area contributed by atoms with Crippen molar-refractivity contribution in [3.63, 3.8) is 0 Å². The van der Waals surface area contributed by atoms with Crippen LogP contribution in [0, 0.1) is 20.2 Å².